The van der Waals surface area contributed by atoms with Crippen LogP contribution in [0.4, 0.5) is 0 Å². The Bertz CT molecular complexity index is 753. The van der Waals surface area contributed by atoms with Crippen LogP contribution in [0, 0.1) is 6.92 Å². The van der Waals surface area contributed by atoms with Crippen LogP contribution in [-0.2, 0) is 13.1 Å². The first-order chi connectivity index (χ1) is 10.7. The van der Waals surface area contributed by atoms with Crippen LogP contribution in [0.3, 0.4) is 0 Å². The number of benzene rings is 2. The van der Waals surface area contributed by atoms with Crippen LogP contribution < -0.4 is 5.32 Å². The summed E-state index contributed by atoms with van der Waals surface area (Å²) in [5.74, 6) is 1.09. The summed E-state index contributed by atoms with van der Waals surface area (Å²) in [5, 5.41) is 12.1. The predicted molar refractivity (Wildman–Crippen MR) is 86.5 cm³/mol. The minimum Gasteiger partial charge on any atom is -0.419 e. The smallest absolute Gasteiger partial charge is 0.247 e. The fraction of sp³-hybridized carbons (Fsp3) is 0.176. The van der Waals surface area contributed by atoms with Crippen molar-refractivity contribution in [1.82, 2.24) is 15.5 Å². The van der Waals surface area contributed by atoms with Crippen molar-refractivity contribution < 1.29 is 4.42 Å². The van der Waals surface area contributed by atoms with Gasteiger partial charge in [0.2, 0.25) is 11.8 Å². The molecule has 0 spiro atoms. The zero-order valence-electron chi connectivity index (χ0n) is 12.2. The first-order valence-electron chi connectivity index (χ1n) is 7.06. The molecule has 0 aliphatic heterocycles. The van der Waals surface area contributed by atoms with E-state index in [9.17, 15) is 0 Å². The third kappa shape index (κ3) is 3.53. The second-order valence-corrected chi connectivity index (χ2v) is 5.47. The van der Waals surface area contributed by atoms with Gasteiger partial charge in [0.15, 0.2) is 0 Å². The Hall–Kier alpha value is -2.17. The average molecular weight is 314 g/mol. The van der Waals surface area contributed by atoms with Crippen LogP contribution >= 0.6 is 11.6 Å². The molecule has 22 heavy (non-hydrogen) atoms. The lowest BCUT2D eigenvalue weighted by atomic mass is 10.1. The minimum atomic E-state index is 0.504. The quantitative estimate of drug-likeness (QED) is 0.774. The van der Waals surface area contributed by atoms with Crippen molar-refractivity contribution in [2.24, 2.45) is 0 Å². The maximum atomic E-state index is 6.11. The summed E-state index contributed by atoms with van der Waals surface area (Å²) in [5.41, 5.74) is 3.17. The number of nitrogens with one attached hydrogen (secondary N) is 1. The van der Waals surface area contributed by atoms with Gasteiger partial charge < -0.3 is 9.73 Å². The largest absolute Gasteiger partial charge is 0.419 e. The summed E-state index contributed by atoms with van der Waals surface area (Å²) in [6, 6.07) is 15.7. The number of aromatic nitrogens is 2. The van der Waals surface area contributed by atoms with Crippen LogP contribution in [0.1, 0.15) is 17.0 Å². The molecule has 1 N–H and O–H groups in total. The highest BCUT2D eigenvalue weighted by Gasteiger charge is 2.08. The molecule has 2 aromatic carbocycles. The van der Waals surface area contributed by atoms with Gasteiger partial charge in [0.25, 0.3) is 0 Å². The molecule has 0 aliphatic rings. The monoisotopic (exact) mass is 313 g/mol. The Kier molecular flexibility index (Phi) is 4.51. The topological polar surface area (TPSA) is 51.0 Å². The van der Waals surface area contributed by atoms with Gasteiger partial charge in [-0.1, -0.05) is 47.5 Å². The second kappa shape index (κ2) is 6.73. The average Bonchev–Trinajstić information content (AvgIpc) is 2.99. The number of hydrogen-bond acceptors (Lipinski definition) is 4. The van der Waals surface area contributed by atoms with Crippen LogP contribution in [0.5, 0.6) is 0 Å². The summed E-state index contributed by atoms with van der Waals surface area (Å²) in [4.78, 5) is 0. The van der Waals surface area contributed by atoms with Crippen molar-refractivity contribution in [3.63, 3.8) is 0 Å². The van der Waals surface area contributed by atoms with Gasteiger partial charge in [-0.05, 0) is 30.7 Å². The highest BCUT2D eigenvalue weighted by Crippen LogP contribution is 2.18. The Balaban J connectivity index is 1.60. The number of aryl methyl sites for hydroxylation is 1. The Morgan fingerprint density at radius 2 is 1.77 bits per heavy atom. The molecule has 0 aliphatic carbocycles. The van der Waals surface area contributed by atoms with Gasteiger partial charge in [0, 0.05) is 17.1 Å². The van der Waals surface area contributed by atoms with Gasteiger partial charge in [-0.25, -0.2) is 0 Å². The van der Waals surface area contributed by atoms with Gasteiger partial charge in [-0.15, -0.1) is 10.2 Å². The molecule has 0 saturated heterocycles. The number of hydrogen-bond donors (Lipinski definition) is 1. The molecule has 4 nitrogen and oxygen atoms in total. The molecule has 0 unspecified atom stereocenters. The van der Waals surface area contributed by atoms with E-state index in [0.717, 1.165) is 16.1 Å². The van der Waals surface area contributed by atoms with Crippen molar-refractivity contribution in [3.05, 3.63) is 70.6 Å². The van der Waals surface area contributed by atoms with Crippen LogP contribution in [0.2, 0.25) is 5.02 Å². The first-order valence-corrected chi connectivity index (χ1v) is 7.44. The van der Waals surface area contributed by atoms with E-state index < -0.39 is 0 Å². The van der Waals surface area contributed by atoms with Gasteiger partial charge in [-0.2, -0.15) is 0 Å². The third-order valence-corrected chi connectivity index (χ3v) is 3.68. The molecule has 0 amide bonds. The van der Waals surface area contributed by atoms with E-state index in [1.54, 1.807) is 0 Å². The molecule has 3 rings (SSSR count). The number of rotatable bonds is 5. The molecule has 5 heteroatoms. The molecule has 0 saturated carbocycles. The lowest BCUT2D eigenvalue weighted by molar-refractivity contribution is 0.477. The highest BCUT2D eigenvalue weighted by molar-refractivity contribution is 6.31. The van der Waals surface area contributed by atoms with Crippen molar-refractivity contribution in [2.75, 3.05) is 0 Å². The van der Waals surface area contributed by atoms with E-state index in [4.69, 9.17) is 16.0 Å². The maximum absolute atomic E-state index is 6.11. The summed E-state index contributed by atoms with van der Waals surface area (Å²) in [7, 11) is 0. The van der Waals surface area contributed by atoms with Crippen molar-refractivity contribution >= 4 is 11.6 Å². The summed E-state index contributed by atoms with van der Waals surface area (Å²) < 4.78 is 5.66. The van der Waals surface area contributed by atoms with Crippen molar-refractivity contribution in [1.29, 1.82) is 0 Å². The predicted octanol–water partition coefficient (Wildman–Crippen LogP) is 3.99. The highest BCUT2D eigenvalue weighted by atomic mass is 35.5. The van der Waals surface area contributed by atoms with Gasteiger partial charge in [-0.3, -0.25) is 0 Å². The zero-order valence-corrected chi connectivity index (χ0v) is 13.0. The van der Waals surface area contributed by atoms with Gasteiger partial charge in [0.1, 0.15) is 0 Å². The van der Waals surface area contributed by atoms with Crippen LogP contribution in [0.15, 0.2) is 52.9 Å². The molecule has 112 valence electrons. The molecule has 0 radical (unpaired) electrons. The zero-order chi connectivity index (χ0) is 15.4. The summed E-state index contributed by atoms with van der Waals surface area (Å²) in [6.07, 6.45) is 0. The fourth-order valence-electron chi connectivity index (χ4n) is 2.08. The van der Waals surface area contributed by atoms with E-state index in [-0.39, 0.29) is 0 Å². The summed E-state index contributed by atoms with van der Waals surface area (Å²) in [6.45, 7) is 3.20. The van der Waals surface area contributed by atoms with E-state index in [1.165, 1.54) is 5.56 Å². The van der Waals surface area contributed by atoms with Crippen molar-refractivity contribution in [3.8, 4) is 11.5 Å². The standard InChI is InChI=1S/C17H16ClN3O/c1-12-6-8-13(9-7-12)17-21-20-16(22-17)11-19-10-14-4-2-3-5-15(14)18/h2-9,19H,10-11H2,1H3. The van der Waals surface area contributed by atoms with E-state index >= 15 is 0 Å². The minimum absolute atomic E-state index is 0.504. The fourth-order valence-corrected chi connectivity index (χ4v) is 2.29. The molecular weight excluding hydrogens is 298 g/mol. The molecule has 1 heterocycles. The second-order valence-electron chi connectivity index (χ2n) is 5.06. The molecule has 0 fully saturated rings. The summed E-state index contributed by atoms with van der Waals surface area (Å²) >= 11 is 6.11. The Morgan fingerprint density at radius 1 is 1.00 bits per heavy atom. The first kappa shape index (κ1) is 14.8. The molecular formula is C17H16ClN3O. The third-order valence-electron chi connectivity index (χ3n) is 3.31. The Morgan fingerprint density at radius 3 is 2.55 bits per heavy atom. The number of nitrogens with zero attached hydrogens (tertiary/aromatic N) is 2. The Labute approximate surface area is 134 Å². The van der Waals surface area contributed by atoms with E-state index in [1.807, 2.05) is 55.5 Å². The lowest BCUT2D eigenvalue weighted by Gasteiger charge is -2.04. The molecule has 3 aromatic rings. The van der Waals surface area contributed by atoms with Crippen LogP contribution in [-0.4, -0.2) is 10.2 Å². The van der Waals surface area contributed by atoms with E-state index in [0.29, 0.717) is 24.9 Å². The SMILES string of the molecule is Cc1ccc(-c2nnc(CNCc3ccccc3Cl)o2)cc1. The maximum Gasteiger partial charge on any atom is 0.247 e. The van der Waals surface area contributed by atoms with Gasteiger partial charge >= 0.3 is 0 Å². The van der Waals surface area contributed by atoms with Crippen LogP contribution in [0.25, 0.3) is 11.5 Å². The van der Waals surface area contributed by atoms with Gasteiger partial charge in [0.05, 0.1) is 6.54 Å². The number of halogens is 1. The molecule has 0 atom stereocenters. The normalized spacial score (nSPS) is 10.8. The van der Waals surface area contributed by atoms with Crippen molar-refractivity contribution in [2.45, 2.75) is 20.0 Å². The lowest BCUT2D eigenvalue weighted by Crippen LogP contribution is -2.13. The van der Waals surface area contributed by atoms with E-state index in [2.05, 4.69) is 15.5 Å². The molecule has 0 bridgehead atoms. The molecule has 1 aromatic heterocycles.